The minimum absolute atomic E-state index is 0.0636. The molecule has 0 radical (unpaired) electrons. The van der Waals surface area contributed by atoms with Crippen LogP contribution >= 0.6 is 11.3 Å². The summed E-state index contributed by atoms with van der Waals surface area (Å²) in [5, 5.41) is 13.3. The van der Waals surface area contributed by atoms with E-state index in [1.807, 2.05) is 17.5 Å². The Morgan fingerprint density at radius 1 is 1.38 bits per heavy atom. The zero-order valence-electron chi connectivity index (χ0n) is 11.2. The molecular formula is C16H14FNO2S. The molecular weight excluding hydrogens is 289 g/mol. The largest absolute Gasteiger partial charge is 0.395 e. The Morgan fingerprint density at radius 3 is 2.95 bits per heavy atom. The molecule has 0 aliphatic carbocycles. The lowest BCUT2D eigenvalue weighted by atomic mass is 10.2. The summed E-state index contributed by atoms with van der Waals surface area (Å²) in [6, 6.07) is 8.04. The first-order chi connectivity index (χ1) is 10.2. The maximum atomic E-state index is 13.6. The first-order valence-electron chi connectivity index (χ1n) is 6.40. The van der Waals surface area contributed by atoms with Crippen molar-refractivity contribution in [2.45, 2.75) is 12.8 Å². The third-order valence-corrected chi connectivity index (χ3v) is 3.50. The van der Waals surface area contributed by atoms with Crippen molar-refractivity contribution in [3.8, 4) is 11.8 Å². The lowest BCUT2D eigenvalue weighted by Crippen LogP contribution is -2.13. The van der Waals surface area contributed by atoms with Crippen LogP contribution in [0.25, 0.3) is 0 Å². The molecule has 1 amide bonds. The van der Waals surface area contributed by atoms with Gasteiger partial charge in [0.05, 0.1) is 18.6 Å². The minimum atomic E-state index is -0.448. The molecule has 0 spiro atoms. The number of thiophene rings is 1. The van der Waals surface area contributed by atoms with Gasteiger partial charge in [-0.05, 0) is 29.6 Å². The quantitative estimate of drug-likeness (QED) is 0.853. The van der Waals surface area contributed by atoms with E-state index in [-0.39, 0.29) is 24.5 Å². The highest BCUT2D eigenvalue weighted by atomic mass is 32.1. The molecule has 0 aliphatic heterocycles. The maximum absolute atomic E-state index is 13.6. The van der Waals surface area contributed by atoms with Crippen LogP contribution in [0.1, 0.15) is 16.9 Å². The molecule has 1 aromatic heterocycles. The molecule has 2 N–H and O–H groups in total. The second kappa shape index (κ2) is 7.58. The predicted molar refractivity (Wildman–Crippen MR) is 81.6 cm³/mol. The van der Waals surface area contributed by atoms with Gasteiger partial charge in [-0.15, -0.1) is 11.3 Å². The Hall–Kier alpha value is -2.16. The smallest absolute Gasteiger partial charge is 0.229 e. The molecule has 2 aromatic rings. The van der Waals surface area contributed by atoms with E-state index in [1.54, 1.807) is 0 Å². The van der Waals surface area contributed by atoms with E-state index in [2.05, 4.69) is 17.2 Å². The summed E-state index contributed by atoms with van der Waals surface area (Å²) in [4.78, 5) is 12.8. The molecule has 0 saturated carbocycles. The molecule has 5 heteroatoms. The van der Waals surface area contributed by atoms with Gasteiger partial charge in [-0.25, -0.2) is 4.39 Å². The predicted octanol–water partition coefficient (Wildman–Crippen LogP) is 2.80. The van der Waals surface area contributed by atoms with E-state index in [0.717, 1.165) is 4.88 Å². The minimum Gasteiger partial charge on any atom is -0.395 e. The average molecular weight is 303 g/mol. The molecule has 0 saturated heterocycles. The van der Waals surface area contributed by atoms with Crippen molar-refractivity contribution in [3.05, 3.63) is 52.0 Å². The van der Waals surface area contributed by atoms with Crippen LogP contribution in [0, 0.1) is 17.7 Å². The topological polar surface area (TPSA) is 49.3 Å². The van der Waals surface area contributed by atoms with Gasteiger partial charge in [-0.1, -0.05) is 17.9 Å². The second-order valence-corrected chi connectivity index (χ2v) is 5.31. The molecule has 108 valence electrons. The number of benzene rings is 1. The number of anilines is 1. The van der Waals surface area contributed by atoms with Crippen LogP contribution in [-0.2, 0) is 11.2 Å². The van der Waals surface area contributed by atoms with E-state index in [1.165, 1.54) is 29.5 Å². The number of hydrogen-bond donors (Lipinski definition) is 2. The SMILES string of the molecule is O=C(Cc1cccs1)Nc1ccc(F)c(C#CCCO)c1. The van der Waals surface area contributed by atoms with Gasteiger partial charge in [0, 0.05) is 17.0 Å². The van der Waals surface area contributed by atoms with E-state index >= 15 is 0 Å². The second-order valence-electron chi connectivity index (χ2n) is 4.27. The number of amides is 1. The van der Waals surface area contributed by atoms with Crippen LogP contribution in [0.15, 0.2) is 35.7 Å². The number of carbonyl (C=O) groups is 1. The molecule has 21 heavy (non-hydrogen) atoms. The van der Waals surface area contributed by atoms with Gasteiger partial charge in [0.1, 0.15) is 5.82 Å². The molecule has 0 aliphatic rings. The van der Waals surface area contributed by atoms with Crippen molar-refractivity contribution < 1.29 is 14.3 Å². The van der Waals surface area contributed by atoms with Gasteiger partial charge < -0.3 is 10.4 Å². The maximum Gasteiger partial charge on any atom is 0.229 e. The summed E-state index contributed by atoms with van der Waals surface area (Å²) in [6.07, 6.45) is 0.578. The van der Waals surface area contributed by atoms with Crippen molar-refractivity contribution >= 4 is 22.9 Å². The van der Waals surface area contributed by atoms with Crippen LogP contribution in [-0.4, -0.2) is 17.6 Å². The van der Waals surface area contributed by atoms with E-state index in [0.29, 0.717) is 12.1 Å². The van der Waals surface area contributed by atoms with E-state index < -0.39 is 5.82 Å². The Morgan fingerprint density at radius 2 is 2.24 bits per heavy atom. The van der Waals surface area contributed by atoms with Gasteiger partial charge in [-0.2, -0.15) is 0 Å². The molecule has 0 unspecified atom stereocenters. The van der Waals surface area contributed by atoms with Crippen molar-refractivity contribution in [2.75, 3.05) is 11.9 Å². The van der Waals surface area contributed by atoms with Crippen molar-refractivity contribution in [1.29, 1.82) is 0 Å². The van der Waals surface area contributed by atoms with Crippen LogP contribution in [0.4, 0.5) is 10.1 Å². The summed E-state index contributed by atoms with van der Waals surface area (Å²) in [5.41, 5.74) is 0.712. The summed E-state index contributed by atoms with van der Waals surface area (Å²) >= 11 is 1.51. The monoisotopic (exact) mass is 303 g/mol. The highest BCUT2D eigenvalue weighted by molar-refractivity contribution is 7.10. The van der Waals surface area contributed by atoms with Crippen molar-refractivity contribution in [3.63, 3.8) is 0 Å². The van der Waals surface area contributed by atoms with Gasteiger partial charge >= 0.3 is 0 Å². The molecule has 0 atom stereocenters. The van der Waals surface area contributed by atoms with Crippen LogP contribution in [0.5, 0.6) is 0 Å². The van der Waals surface area contributed by atoms with Crippen molar-refractivity contribution in [1.82, 2.24) is 0 Å². The molecule has 1 aromatic carbocycles. The van der Waals surface area contributed by atoms with Gasteiger partial charge in [0.25, 0.3) is 0 Å². The first-order valence-corrected chi connectivity index (χ1v) is 7.28. The molecule has 1 heterocycles. The number of aliphatic hydroxyl groups is 1. The number of aliphatic hydroxyl groups excluding tert-OH is 1. The zero-order valence-corrected chi connectivity index (χ0v) is 12.0. The summed E-state index contributed by atoms with van der Waals surface area (Å²) in [5.74, 6) is 4.70. The number of hydrogen-bond acceptors (Lipinski definition) is 3. The molecule has 0 fully saturated rings. The number of carbonyl (C=O) groups excluding carboxylic acids is 1. The number of nitrogens with one attached hydrogen (secondary N) is 1. The van der Waals surface area contributed by atoms with Crippen molar-refractivity contribution in [2.24, 2.45) is 0 Å². The summed E-state index contributed by atoms with van der Waals surface area (Å²) in [6.45, 7) is -0.0636. The Balaban J connectivity index is 2.05. The fourth-order valence-electron chi connectivity index (χ4n) is 1.69. The Kier molecular flexibility index (Phi) is 5.50. The lowest BCUT2D eigenvalue weighted by Gasteiger charge is -2.05. The number of rotatable bonds is 4. The van der Waals surface area contributed by atoms with Gasteiger partial charge in [0.2, 0.25) is 5.91 Å². The standard InChI is InChI=1S/C16H14FNO2S/c17-15-7-6-13(10-12(15)4-1-2-8-19)18-16(20)11-14-5-3-9-21-14/h3,5-7,9-10,19H,2,8,11H2,(H,18,20). The normalized spacial score (nSPS) is 9.81. The molecule has 2 rings (SSSR count). The Labute approximate surface area is 126 Å². The fourth-order valence-corrected chi connectivity index (χ4v) is 2.39. The fraction of sp³-hybridized carbons (Fsp3) is 0.188. The Bertz CT molecular complexity index is 671. The summed E-state index contributed by atoms with van der Waals surface area (Å²) in [7, 11) is 0. The highest BCUT2D eigenvalue weighted by Crippen LogP contribution is 2.15. The van der Waals surface area contributed by atoms with E-state index in [4.69, 9.17) is 5.11 Å². The molecule has 3 nitrogen and oxygen atoms in total. The highest BCUT2D eigenvalue weighted by Gasteiger charge is 2.07. The van der Waals surface area contributed by atoms with Gasteiger partial charge in [-0.3, -0.25) is 4.79 Å². The number of halogens is 1. The van der Waals surface area contributed by atoms with E-state index in [9.17, 15) is 9.18 Å². The third kappa shape index (κ3) is 4.71. The molecule has 0 bridgehead atoms. The van der Waals surface area contributed by atoms with Crippen LogP contribution in [0.3, 0.4) is 0 Å². The lowest BCUT2D eigenvalue weighted by molar-refractivity contribution is -0.115. The average Bonchev–Trinajstić information content (AvgIpc) is 2.95. The van der Waals surface area contributed by atoms with Crippen LogP contribution in [0.2, 0.25) is 0 Å². The first kappa shape index (κ1) is 15.2. The van der Waals surface area contributed by atoms with Gasteiger partial charge in [0.15, 0.2) is 0 Å². The summed E-state index contributed by atoms with van der Waals surface area (Å²) < 4.78 is 13.6. The van der Waals surface area contributed by atoms with Crippen LogP contribution < -0.4 is 5.32 Å². The third-order valence-electron chi connectivity index (χ3n) is 2.62. The zero-order chi connectivity index (χ0) is 15.1.